The van der Waals surface area contributed by atoms with Gasteiger partial charge >= 0.3 is 0 Å². The van der Waals surface area contributed by atoms with Gasteiger partial charge in [0.2, 0.25) is 5.91 Å². The van der Waals surface area contributed by atoms with Gasteiger partial charge in [-0.2, -0.15) is 5.10 Å². The SMILES string of the molecule is Cc1ccc(N(Cc2ccccc2)C(=O)[C@@H]2CCO[C@H]2C2CC2)nn1. The third-order valence-corrected chi connectivity index (χ3v) is 5.05. The molecule has 1 aliphatic carbocycles. The molecule has 1 saturated carbocycles. The zero-order valence-corrected chi connectivity index (χ0v) is 14.5. The first-order valence-electron chi connectivity index (χ1n) is 8.99. The molecule has 2 aromatic rings. The van der Waals surface area contributed by atoms with E-state index in [9.17, 15) is 4.79 Å². The number of anilines is 1. The molecule has 1 aromatic heterocycles. The number of carbonyl (C=O) groups excluding carboxylic acids is 1. The van der Waals surface area contributed by atoms with E-state index >= 15 is 0 Å². The van der Waals surface area contributed by atoms with Crippen LogP contribution in [0.1, 0.15) is 30.5 Å². The molecular weight excluding hydrogens is 314 g/mol. The van der Waals surface area contributed by atoms with Gasteiger partial charge in [0.05, 0.1) is 24.3 Å². The molecule has 1 saturated heterocycles. The van der Waals surface area contributed by atoms with E-state index in [1.165, 1.54) is 12.8 Å². The van der Waals surface area contributed by atoms with Crippen LogP contribution in [0.3, 0.4) is 0 Å². The molecule has 1 amide bonds. The number of ether oxygens (including phenoxy) is 1. The fourth-order valence-corrected chi connectivity index (χ4v) is 3.54. The average Bonchev–Trinajstić information content (AvgIpc) is 3.37. The number of nitrogens with zero attached hydrogens (tertiary/aromatic N) is 3. The molecule has 2 aliphatic rings. The van der Waals surface area contributed by atoms with E-state index < -0.39 is 0 Å². The van der Waals surface area contributed by atoms with Crippen LogP contribution in [0.25, 0.3) is 0 Å². The van der Waals surface area contributed by atoms with Crippen molar-refractivity contribution >= 4 is 11.7 Å². The Labute approximate surface area is 148 Å². The van der Waals surface area contributed by atoms with Crippen molar-refractivity contribution in [2.45, 2.75) is 38.8 Å². The first-order chi connectivity index (χ1) is 12.2. The molecule has 25 heavy (non-hydrogen) atoms. The molecule has 1 aliphatic heterocycles. The number of benzene rings is 1. The first-order valence-corrected chi connectivity index (χ1v) is 8.99. The van der Waals surface area contributed by atoms with E-state index in [0.29, 0.717) is 24.9 Å². The summed E-state index contributed by atoms with van der Waals surface area (Å²) in [4.78, 5) is 15.1. The maximum atomic E-state index is 13.4. The Balaban J connectivity index is 1.61. The fraction of sp³-hybridized carbons (Fsp3) is 0.450. The van der Waals surface area contributed by atoms with E-state index in [4.69, 9.17) is 4.74 Å². The molecule has 130 valence electrons. The van der Waals surface area contributed by atoms with Gasteiger partial charge in [0.1, 0.15) is 0 Å². The van der Waals surface area contributed by atoms with Crippen LogP contribution in [0.15, 0.2) is 42.5 Å². The molecule has 5 nitrogen and oxygen atoms in total. The van der Waals surface area contributed by atoms with Gasteiger partial charge in [-0.15, -0.1) is 5.10 Å². The Hall–Kier alpha value is -2.27. The van der Waals surface area contributed by atoms with Crippen molar-refractivity contribution in [2.75, 3.05) is 11.5 Å². The van der Waals surface area contributed by atoms with Crippen molar-refractivity contribution in [2.24, 2.45) is 11.8 Å². The standard InChI is InChI=1S/C20H23N3O2/c1-14-7-10-18(22-21-14)23(13-15-5-3-2-4-6-15)20(24)17-11-12-25-19(17)16-8-9-16/h2-7,10,16-17,19H,8-9,11-13H2,1H3/t17-,19+/m1/s1. The van der Waals surface area contributed by atoms with Crippen LogP contribution >= 0.6 is 0 Å². The van der Waals surface area contributed by atoms with Gasteiger partial charge in [0, 0.05) is 6.61 Å². The second-order valence-corrected chi connectivity index (χ2v) is 7.01. The normalized spacial score (nSPS) is 22.8. The summed E-state index contributed by atoms with van der Waals surface area (Å²) in [6.45, 7) is 3.08. The number of hydrogen-bond acceptors (Lipinski definition) is 4. The molecule has 0 N–H and O–H groups in total. The molecule has 1 aromatic carbocycles. The summed E-state index contributed by atoms with van der Waals surface area (Å²) in [5, 5.41) is 8.41. The van der Waals surface area contributed by atoms with Crippen molar-refractivity contribution < 1.29 is 9.53 Å². The van der Waals surface area contributed by atoms with E-state index in [2.05, 4.69) is 10.2 Å². The molecule has 0 radical (unpaired) electrons. The highest BCUT2D eigenvalue weighted by atomic mass is 16.5. The fourth-order valence-electron chi connectivity index (χ4n) is 3.54. The molecule has 5 heteroatoms. The number of rotatable bonds is 5. The minimum absolute atomic E-state index is 0.0701. The zero-order valence-electron chi connectivity index (χ0n) is 14.5. The van der Waals surface area contributed by atoms with Crippen LogP contribution in [0.5, 0.6) is 0 Å². The van der Waals surface area contributed by atoms with Crippen molar-refractivity contribution in [3.63, 3.8) is 0 Å². The minimum Gasteiger partial charge on any atom is -0.377 e. The highest BCUT2D eigenvalue weighted by Gasteiger charge is 2.45. The Morgan fingerprint density at radius 2 is 1.92 bits per heavy atom. The number of amides is 1. The topological polar surface area (TPSA) is 55.3 Å². The number of carbonyl (C=O) groups is 1. The van der Waals surface area contributed by atoms with Crippen LogP contribution in [0.4, 0.5) is 5.82 Å². The molecule has 2 heterocycles. The quantitative estimate of drug-likeness (QED) is 0.841. The summed E-state index contributed by atoms with van der Waals surface area (Å²) < 4.78 is 5.88. The monoisotopic (exact) mass is 337 g/mol. The Morgan fingerprint density at radius 3 is 2.60 bits per heavy atom. The molecule has 0 bridgehead atoms. The number of hydrogen-bond donors (Lipinski definition) is 0. The number of aromatic nitrogens is 2. The summed E-state index contributed by atoms with van der Waals surface area (Å²) in [5.74, 6) is 1.20. The lowest BCUT2D eigenvalue weighted by Gasteiger charge is -2.27. The summed E-state index contributed by atoms with van der Waals surface area (Å²) in [5.41, 5.74) is 1.93. The van der Waals surface area contributed by atoms with Crippen molar-refractivity contribution in [1.29, 1.82) is 0 Å². The van der Waals surface area contributed by atoms with E-state index in [0.717, 1.165) is 17.7 Å². The smallest absolute Gasteiger partial charge is 0.234 e. The summed E-state index contributed by atoms with van der Waals surface area (Å²) in [6.07, 6.45) is 3.23. The second-order valence-electron chi connectivity index (χ2n) is 7.01. The van der Waals surface area contributed by atoms with Crippen molar-refractivity contribution in [1.82, 2.24) is 10.2 Å². The predicted octanol–water partition coefficient (Wildman–Crippen LogP) is 3.13. The highest BCUT2D eigenvalue weighted by Crippen LogP contribution is 2.42. The Morgan fingerprint density at radius 1 is 1.12 bits per heavy atom. The lowest BCUT2D eigenvalue weighted by molar-refractivity contribution is -0.124. The summed E-state index contributed by atoms with van der Waals surface area (Å²) in [7, 11) is 0. The maximum absolute atomic E-state index is 13.4. The van der Waals surface area contributed by atoms with Gasteiger partial charge in [0.25, 0.3) is 0 Å². The van der Waals surface area contributed by atoms with Gasteiger partial charge in [-0.1, -0.05) is 30.3 Å². The van der Waals surface area contributed by atoms with Gasteiger partial charge in [-0.25, -0.2) is 0 Å². The van der Waals surface area contributed by atoms with E-state index in [1.54, 1.807) is 4.90 Å². The maximum Gasteiger partial charge on any atom is 0.234 e. The first kappa shape index (κ1) is 16.2. The number of aryl methyl sites for hydroxylation is 1. The van der Waals surface area contributed by atoms with Gasteiger partial charge in [-0.05, 0) is 49.8 Å². The Bertz CT molecular complexity index is 728. The van der Waals surface area contributed by atoms with Crippen LogP contribution < -0.4 is 4.90 Å². The predicted molar refractivity (Wildman–Crippen MR) is 95.0 cm³/mol. The average molecular weight is 337 g/mol. The van der Waals surface area contributed by atoms with Gasteiger partial charge in [-0.3, -0.25) is 9.69 Å². The van der Waals surface area contributed by atoms with Crippen molar-refractivity contribution in [3.8, 4) is 0 Å². The van der Waals surface area contributed by atoms with Crippen LogP contribution in [0, 0.1) is 18.8 Å². The molecule has 4 rings (SSSR count). The van der Waals surface area contributed by atoms with Crippen molar-refractivity contribution in [3.05, 3.63) is 53.7 Å². The van der Waals surface area contributed by atoms with Crippen LogP contribution in [-0.2, 0) is 16.1 Å². The van der Waals surface area contributed by atoms with Crippen LogP contribution in [0.2, 0.25) is 0 Å². The summed E-state index contributed by atoms with van der Waals surface area (Å²) >= 11 is 0. The summed E-state index contributed by atoms with van der Waals surface area (Å²) in [6, 6.07) is 13.8. The molecular formula is C20H23N3O2. The minimum atomic E-state index is -0.0701. The largest absolute Gasteiger partial charge is 0.377 e. The molecule has 0 spiro atoms. The second kappa shape index (κ2) is 6.92. The Kier molecular flexibility index (Phi) is 4.49. The van der Waals surface area contributed by atoms with Gasteiger partial charge < -0.3 is 4.74 Å². The van der Waals surface area contributed by atoms with Crippen LogP contribution in [-0.4, -0.2) is 28.8 Å². The molecule has 2 fully saturated rings. The lowest BCUT2D eigenvalue weighted by atomic mass is 9.96. The van der Waals surface area contributed by atoms with E-state index in [-0.39, 0.29) is 17.9 Å². The third kappa shape index (κ3) is 3.56. The zero-order chi connectivity index (χ0) is 17.2. The third-order valence-electron chi connectivity index (χ3n) is 5.05. The molecule has 0 unspecified atom stereocenters. The lowest BCUT2D eigenvalue weighted by Crippen LogP contribution is -2.40. The van der Waals surface area contributed by atoms with E-state index in [1.807, 2.05) is 49.4 Å². The molecule has 2 atom stereocenters. The van der Waals surface area contributed by atoms with Gasteiger partial charge in [0.15, 0.2) is 5.82 Å². The highest BCUT2D eigenvalue weighted by molar-refractivity contribution is 5.94.